The highest BCUT2D eigenvalue weighted by Gasteiger charge is 2.21. The van der Waals surface area contributed by atoms with Crippen LogP contribution in [0.25, 0.3) is 11.2 Å². The molecule has 0 spiro atoms. The highest BCUT2D eigenvalue weighted by atomic mass is 19.1. The molecule has 0 unspecified atom stereocenters. The Morgan fingerprint density at radius 3 is 2.37 bits per heavy atom. The molecule has 2 aromatic carbocycles. The van der Waals surface area contributed by atoms with Gasteiger partial charge in [-0.15, -0.1) is 0 Å². The van der Waals surface area contributed by atoms with Crippen LogP contribution in [0.5, 0.6) is 11.5 Å². The van der Waals surface area contributed by atoms with Crippen LogP contribution in [0.2, 0.25) is 0 Å². The van der Waals surface area contributed by atoms with Gasteiger partial charge in [-0.1, -0.05) is 0 Å². The van der Waals surface area contributed by atoms with Crippen LogP contribution >= 0.6 is 0 Å². The number of carbonyl (C=O) groups excluding carboxylic acids is 1. The van der Waals surface area contributed by atoms with Crippen molar-refractivity contribution in [3.05, 3.63) is 111 Å². The summed E-state index contributed by atoms with van der Waals surface area (Å²) in [5, 5.41) is 6.85. The van der Waals surface area contributed by atoms with E-state index >= 15 is 4.39 Å². The molecule has 1 aliphatic rings. The first kappa shape index (κ1) is 27.9. The standard InChI is InChI=1S/C31H28F2N6O4/c1-19(2)37-18-24(30(41)39(31(37)42)22-8-5-20(32)6-9-22)29(40)35-21-7-10-27(25(33)15-21)43-28-16-23(36-13-3-4-14-36)17-38-26(28)11-12-34-38/h5-12,15-19H,3-4,13-14H2,1-2H3,(H,35,40). The molecule has 3 aromatic heterocycles. The fourth-order valence-corrected chi connectivity index (χ4v) is 5.11. The molecule has 6 rings (SSSR count). The van der Waals surface area contributed by atoms with E-state index in [4.69, 9.17) is 4.74 Å². The van der Waals surface area contributed by atoms with E-state index in [0.29, 0.717) is 11.3 Å². The minimum absolute atomic E-state index is 0.0632. The van der Waals surface area contributed by atoms with E-state index in [2.05, 4.69) is 15.3 Å². The number of nitrogens with one attached hydrogen (secondary N) is 1. The summed E-state index contributed by atoms with van der Waals surface area (Å²) in [6, 6.07) is 11.9. The Hall–Kier alpha value is -5.26. The fourth-order valence-electron chi connectivity index (χ4n) is 5.11. The third-order valence-corrected chi connectivity index (χ3v) is 7.34. The number of rotatable bonds is 7. The molecular weight excluding hydrogens is 558 g/mol. The molecule has 4 heterocycles. The van der Waals surface area contributed by atoms with Gasteiger partial charge in [0.2, 0.25) is 0 Å². The van der Waals surface area contributed by atoms with E-state index in [-0.39, 0.29) is 22.7 Å². The first-order valence-electron chi connectivity index (χ1n) is 13.8. The summed E-state index contributed by atoms with van der Waals surface area (Å²) in [7, 11) is 0. The minimum atomic E-state index is -0.894. The monoisotopic (exact) mass is 586 g/mol. The third kappa shape index (κ3) is 5.39. The highest BCUT2D eigenvalue weighted by Crippen LogP contribution is 2.33. The number of hydrogen-bond acceptors (Lipinski definition) is 6. The minimum Gasteiger partial charge on any atom is -0.452 e. The molecule has 0 radical (unpaired) electrons. The molecule has 0 atom stereocenters. The van der Waals surface area contributed by atoms with E-state index < -0.39 is 34.8 Å². The Labute approximate surface area is 244 Å². The van der Waals surface area contributed by atoms with Gasteiger partial charge >= 0.3 is 5.69 Å². The Bertz CT molecular complexity index is 1960. The number of carbonyl (C=O) groups is 1. The lowest BCUT2D eigenvalue weighted by Crippen LogP contribution is -2.42. The van der Waals surface area contributed by atoms with Crippen LogP contribution in [-0.4, -0.2) is 37.7 Å². The second kappa shape index (κ2) is 11.2. The molecule has 5 aromatic rings. The second-order valence-electron chi connectivity index (χ2n) is 10.6. The lowest BCUT2D eigenvalue weighted by Gasteiger charge is -2.19. The van der Waals surface area contributed by atoms with Crippen LogP contribution in [0, 0.1) is 11.6 Å². The molecule has 0 bridgehead atoms. The fraction of sp³-hybridized carbons (Fsp3) is 0.226. The molecule has 1 aliphatic heterocycles. The molecule has 0 saturated carbocycles. The summed E-state index contributed by atoms with van der Waals surface area (Å²) >= 11 is 0. The van der Waals surface area contributed by atoms with Gasteiger partial charge in [-0.25, -0.2) is 22.7 Å². The lowest BCUT2D eigenvalue weighted by molar-refractivity contribution is 0.102. The smallest absolute Gasteiger partial charge is 0.335 e. The van der Waals surface area contributed by atoms with Crippen LogP contribution in [0.4, 0.5) is 20.2 Å². The van der Waals surface area contributed by atoms with E-state index in [9.17, 15) is 18.8 Å². The number of benzene rings is 2. The second-order valence-corrected chi connectivity index (χ2v) is 10.6. The first-order valence-corrected chi connectivity index (χ1v) is 13.8. The summed E-state index contributed by atoms with van der Waals surface area (Å²) in [6.45, 7) is 5.27. The number of halogens is 2. The quantitative estimate of drug-likeness (QED) is 0.283. The van der Waals surface area contributed by atoms with Gasteiger partial charge in [0.05, 0.1) is 23.8 Å². The predicted molar refractivity (Wildman–Crippen MR) is 158 cm³/mol. The maximum Gasteiger partial charge on any atom is 0.335 e. The largest absolute Gasteiger partial charge is 0.452 e. The van der Waals surface area contributed by atoms with E-state index in [1.807, 2.05) is 12.3 Å². The maximum absolute atomic E-state index is 15.3. The Balaban J connectivity index is 1.29. The lowest BCUT2D eigenvalue weighted by atomic mass is 10.2. The van der Waals surface area contributed by atoms with Crippen LogP contribution < -0.4 is 26.2 Å². The van der Waals surface area contributed by atoms with Crippen molar-refractivity contribution in [2.75, 3.05) is 23.3 Å². The molecule has 43 heavy (non-hydrogen) atoms. The SMILES string of the molecule is CC(C)n1cc(C(=O)Nc2ccc(Oc3cc(N4CCCC4)cn4nccc34)c(F)c2)c(=O)n(-c2ccc(F)cc2)c1=O. The zero-order valence-electron chi connectivity index (χ0n) is 23.5. The van der Waals surface area contributed by atoms with Gasteiger partial charge in [0, 0.05) is 43.1 Å². The van der Waals surface area contributed by atoms with Gasteiger partial charge in [0.1, 0.15) is 16.9 Å². The van der Waals surface area contributed by atoms with E-state index in [0.717, 1.165) is 54.4 Å². The Morgan fingerprint density at radius 2 is 1.67 bits per heavy atom. The molecule has 1 fully saturated rings. The summed E-state index contributed by atoms with van der Waals surface area (Å²) in [5.41, 5.74) is -0.162. The number of hydrogen-bond donors (Lipinski definition) is 1. The third-order valence-electron chi connectivity index (χ3n) is 7.34. The number of fused-ring (bicyclic) bond motifs is 1. The first-order chi connectivity index (χ1) is 20.7. The van der Waals surface area contributed by atoms with Crippen molar-refractivity contribution >= 4 is 22.8 Å². The van der Waals surface area contributed by atoms with Crippen molar-refractivity contribution in [1.82, 2.24) is 18.7 Å². The Kier molecular flexibility index (Phi) is 7.26. The zero-order valence-corrected chi connectivity index (χ0v) is 23.5. The molecular formula is C31H28F2N6O4. The van der Waals surface area contributed by atoms with Crippen LogP contribution in [-0.2, 0) is 0 Å². The van der Waals surface area contributed by atoms with Gasteiger partial charge in [0.25, 0.3) is 11.5 Å². The van der Waals surface area contributed by atoms with Gasteiger partial charge < -0.3 is 15.0 Å². The number of ether oxygens (including phenoxy) is 1. The van der Waals surface area contributed by atoms with Crippen molar-refractivity contribution in [3.8, 4) is 17.2 Å². The van der Waals surface area contributed by atoms with Crippen molar-refractivity contribution in [2.24, 2.45) is 0 Å². The molecule has 1 amide bonds. The zero-order chi connectivity index (χ0) is 30.2. The molecule has 220 valence electrons. The highest BCUT2D eigenvalue weighted by molar-refractivity contribution is 6.03. The predicted octanol–water partition coefficient (Wildman–Crippen LogP) is 5.15. The van der Waals surface area contributed by atoms with Gasteiger partial charge in [-0.2, -0.15) is 5.10 Å². The van der Waals surface area contributed by atoms with Crippen LogP contribution in [0.3, 0.4) is 0 Å². The number of amides is 1. The normalized spacial score (nSPS) is 13.2. The molecule has 12 heteroatoms. The van der Waals surface area contributed by atoms with Crippen LogP contribution in [0.15, 0.2) is 82.8 Å². The molecule has 1 saturated heterocycles. The van der Waals surface area contributed by atoms with Gasteiger partial charge in [0.15, 0.2) is 17.3 Å². The van der Waals surface area contributed by atoms with Crippen molar-refractivity contribution < 1.29 is 18.3 Å². The average molecular weight is 587 g/mol. The summed E-state index contributed by atoms with van der Waals surface area (Å²) in [6.07, 6.45) is 6.90. The van der Waals surface area contributed by atoms with Crippen LogP contribution in [0.1, 0.15) is 43.1 Å². The van der Waals surface area contributed by atoms with Gasteiger partial charge in [-0.3, -0.25) is 14.2 Å². The number of aromatic nitrogens is 4. The van der Waals surface area contributed by atoms with E-state index in [1.165, 1.54) is 35.0 Å². The summed E-state index contributed by atoms with van der Waals surface area (Å²) in [5.74, 6) is -1.76. The summed E-state index contributed by atoms with van der Waals surface area (Å²) < 4.78 is 38.5. The van der Waals surface area contributed by atoms with Crippen molar-refractivity contribution in [2.45, 2.75) is 32.7 Å². The van der Waals surface area contributed by atoms with Crippen molar-refractivity contribution in [1.29, 1.82) is 0 Å². The maximum atomic E-state index is 15.3. The van der Waals surface area contributed by atoms with E-state index in [1.54, 1.807) is 30.6 Å². The summed E-state index contributed by atoms with van der Waals surface area (Å²) in [4.78, 5) is 41.9. The number of anilines is 2. The molecule has 0 aliphatic carbocycles. The number of pyridine rings is 1. The molecule has 10 nitrogen and oxygen atoms in total. The molecule has 1 N–H and O–H groups in total. The average Bonchev–Trinajstić information content (AvgIpc) is 3.68. The topological polar surface area (TPSA) is 103 Å². The van der Waals surface area contributed by atoms with Gasteiger partial charge in [-0.05, 0) is 69.2 Å². The number of nitrogens with zero attached hydrogens (tertiary/aromatic N) is 5. The Morgan fingerprint density at radius 1 is 0.930 bits per heavy atom. The van der Waals surface area contributed by atoms with Crippen molar-refractivity contribution in [3.63, 3.8) is 0 Å².